The second kappa shape index (κ2) is 6.88. The zero-order valence-electron chi connectivity index (χ0n) is 12.4. The molecule has 1 N–H and O–H groups in total. The van der Waals surface area contributed by atoms with Gasteiger partial charge >= 0.3 is 15.5 Å². The largest absolute Gasteiger partial charge is 0.618 e. The summed E-state index contributed by atoms with van der Waals surface area (Å²) in [5, 5.41) is 12.5. The zero-order chi connectivity index (χ0) is 18.9. The number of nitrogens with one attached hydrogen (secondary N) is 1. The van der Waals surface area contributed by atoms with Gasteiger partial charge in [0.1, 0.15) is 13.2 Å². The number of fused-ring (bicyclic) bond motifs is 1. The van der Waals surface area contributed by atoms with Gasteiger partial charge in [0, 0.05) is 0 Å². The van der Waals surface area contributed by atoms with Crippen LogP contribution in [0, 0.1) is 5.21 Å². The monoisotopic (exact) mass is 399 g/mol. The van der Waals surface area contributed by atoms with Crippen LogP contribution < -0.4 is 4.47 Å². The first-order chi connectivity index (χ1) is 11.4. The predicted molar refractivity (Wildman–Crippen MR) is 81.3 cm³/mol. The average molecular weight is 399 g/mol. The summed E-state index contributed by atoms with van der Waals surface area (Å²) in [4.78, 5) is -0.266. The number of alkyl halides is 3. The highest BCUT2D eigenvalue weighted by Gasteiger charge is 2.51. The van der Waals surface area contributed by atoms with E-state index in [-0.39, 0.29) is 4.90 Å². The Morgan fingerprint density at radius 1 is 1.00 bits per heavy atom. The minimum atomic E-state index is -6.00. The summed E-state index contributed by atoms with van der Waals surface area (Å²) in [7, 11) is -10.4. The molecule has 0 spiro atoms. The molecule has 0 fully saturated rings. The smallest absolute Gasteiger partial charge is 0.549 e. The molecular weight excluding hydrogens is 387 g/mol. The summed E-state index contributed by atoms with van der Waals surface area (Å²) in [5.41, 5.74) is -5.73. The highest BCUT2D eigenvalue weighted by Crippen LogP contribution is 2.21. The molecule has 0 aliphatic heterocycles. The van der Waals surface area contributed by atoms with Crippen molar-refractivity contribution in [2.24, 2.45) is 0 Å². The molecule has 2 aromatic rings. The Morgan fingerprint density at radius 3 is 2.20 bits per heavy atom. The van der Waals surface area contributed by atoms with Crippen molar-refractivity contribution in [1.29, 1.82) is 0 Å². The number of benzene rings is 2. The quantitative estimate of drug-likeness (QED) is 0.569. The summed E-state index contributed by atoms with van der Waals surface area (Å²) in [6.45, 7) is -2.27. The highest BCUT2D eigenvalue weighted by molar-refractivity contribution is 7.86. The van der Waals surface area contributed by atoms with E-state index >= 15 is 0 Å². The molecule has 138 valence electrons. The van der Waals surface area contributed by atoms with Gasteiger partial charge in [-0.05, 0) is 22.9 Å². The van der Waals surface area contributed by atoms with Crippen molar-refractivity contribution < 1.29 is 38.7 Å². The van der Waals surface area contributed by atoms with Gasteiger partial charge in [-0.3, -0.25) is 8.65 Å². The summed E-state index contributed by atoms with van der Waals surface area (Å²) in [5.74, 6) is 0. The molecule has 0 bridgehead atoms. The SMILES string of the molecule is O=S(=O)(OCC[NH+]([O-])S(=O)(=O)C(F)(F)F)c1ccc2ccccc2c1. The van der Waals surface area contributed by atoms with Crippen LogP contribution in [0.3, 0.4) is 0 Å². The summed E-state index contributed by atoms with van der Waals surface area (Å²) in [6.07, 6.45) is 0. The Bertz CT molecular complexity index is 973. The van der Waals surface area contributed by atoms with Gasteiger partial charge in [0.25, 0.3) is 10.1 Å². The van der Waals surface area contributed by atoms with Crippen molar-refractivity contribution in [3.8, 4) is 0 Å². The van der Waals surface area contributed by atoms with E-state index < -0.39 is 43.3 Å². The maximum absolute atomic E-state index is 12.2. The molecule has 0 heterocycles. The lowest BCUT2D eigenvalue weighted by Crippen LogP contribution is -3.11. The van der Waals surface area contributed by atoms with Crippen molar-refractivity contribution in [1.82, 2.24) is 0 Å². The molecule has 0 aromatic heterocycles. The number of sulfonamides is 1. The molecule has 2 rings (SSSR count). The third-order valence-electron chi connectivity index (χ3n) is 3.16. The Balaban J connectivity index is 2.09. The van der Waals surface area contributed by atoms with Crippen molar-refractivity contribution >= 4 is 30.9 Å². The van der Waals surface area contributed by atoms with E-state index in [2.05, 4.69) is 4.18 Å². The number of hydroxylamine groups is 1. The molecule has 0 saturated heterocycles. The van der Waals surface area contributed by atoms with Crippen LogP contribution in [-0.4, -0.2) is 35.5 Å². The molecule has 1 atom stereocenters. The fourth-order valence-corrected chi connectivity index (χ4v) is 3.44. The van der Waals surface area contributed by atoms with Gasteiger partial charge in [-0.15, -0.1) is 0 Å². The van der Waals surface area contributed by atoms with Crippen molar-refractivity contribution in [2.75, 3.05) is 13.2 Å². The fourth-order valence-electron chi connectivity index (χ4n) is 1.89. The van der Waals surface area contributed by atoms with Crippen LogP contribution in [0.15, 0.2) is 47.4 Å². The standard InChI is InChI=1S/C13H12F3NO6S2/c14-13(15,16)25(21,22)17(18)7-8-23-24(19,20)12-6-5-10-3-1-2-4-11(10)9-12/h1-6,9,17H,7-8H2. The molecule has 0 amide bonds. The molecular formula is C13H12F3NO6S2. The van der Waals surface area contributed by atoms with Gasteiger partial charge in [-0.2, -0.15) is 30.0 Å². The summed E-state index contributed by atoms with van der Waals surface area (Å²) < 4.78 is 84.6. The maximum Gasteiger partial charge on any atom is 0.549 e. The second-order valence-electron chi connectivity index (χ2n) is 4.86. The topological polar surface area (TPSA) is 105 Å². The minimum Gasteiger partial charge on any atom is -0.618 e. The van der Waals surface area contributed by atoms with Crippen molar-refractivity contribution in [3.63, 3.8) is 0 Å². The number of halogens is 3. The third kappa shape index (κ3) is 4.27. The van der Waals surface area contributed by atoms with Crippen LogP contribution >= 0.6 is 0 Å². The van der Waals surface area contributed by atoms with Gasteiger partial charge in [-0.1, -0.05) is 30.3 Å². The van der Waals surface area contributed by atoms with Gasteiger partial charge in [0.05, 0.1) is 4.90 Å². The highest BCUT2D eigenvalue weighted by atomic mass is 32.2. The molecule has 0 saturated carbocycles. The van der Waals surface area contributed by atoms with Crippen molar-refractivity contribution in [2.45, 2.75) is 10.4 Å². The van der Waals surface area contributed by atoms with Crippen LogP contribution in [0.5, 0.6) is 0 Å². The molecule has 12 heteroatoms. The van der Waals surface area contributed by atoms with E-state index in [0.717, 1.165) is 5.39 Å². The van der Waals surface area contributed by atoms with Crippen LogP contribution in [0.2, 0.25) is 0 Å². The molecule has 1 unspecified atom stereocenters. The van der Waals surface area contributed by atoms with Crippen LogP contribution in [-0.2, 0) is 24.3 Å². The molecule has 25 heavy (non-hydrogen) atoms. The van der Waals surface area contributed by atoms with E-state index in [4.69, 9.17) is 0 Å². The molecule has 0 aliphatic carbocycles. The first-order valence-corrected chi connectivity index (χ1v) is 9.57. The van der Waals surface area contributed by atoms with Gasteiger partial charge in [-0.25, -0.2) is 0 Å². The van der Waals surface area contributed by atoms with E-state index in [1.165, 1.54) is 18.2 Å². The van der Waals surface area contributed by atoms with Crippen LogP contribution in [0.25, 0.3) is 10.8 Å². The van der Waals surface area contributed by atoms with E-state index in [9.17, 15) is 35.2 Å². The maximum atomic E-state index is 12.2. The third-order valence-corrected chi connectivity index (χ3v) is 5.88. The molecule has 0 aliphatic rings. The van der Waals surface area contributed by atoms with Crippen molar-refractivity contribution in [3.05, 3.63) is 47.7 Å². The Morgan fingerprint density at radius 2 is 1.60 bits per heavy atom. The Hall–Kier alpha value is -1.73. The van der Waals surface area contributed by atoms with Crippen LogP contribution in [0.4, 0.5) is 13.2 Å². The Labute approximate surface area is 141 Å². The zero-order valence-corrected chi connectivity index (χ0v) is 14.0. The second-order valence-corrected chi connectivity index (χ2v) is 8.40. The average Bonchev–Trinajstić information content (AvgIpc) is 2.53. The van der Waals surface area contributed by atoms with Crippen LogP contribution in [0.1, 0.15) is 0 Å². The first-order valence-electron chi connectivity index (χ1n) is 6.67. The van der Waals surface area contributed by atoms with Gasteiger partial charge in [0.15, 0.2) is 0 Å². The van der Waals surface area contributed by atoms with E-state index in [1.54, 1.807) is 24.3 Å². The molecule has 2 aromatic carbocycles. The number of hydrogen-bond acceptors (Lipinski definition) is 6. The number of hydrogen-bond donors (Lipinski definition) is 1. The predicted octanol–water partition coefficient (Wildman–Crippen LogP) is 0.777. The van der Waals surface area contributed by atoms with Gasteiger partial charge in [0.2, 0.25) is 0 Å². The lowest BCUT2D eigenvalue weighted by molar-refractivity contribution is -0.712. The summed E-state index contributed by atoms with van der Waals surface area (Å²) in [6, 6.07) is 10.8. The lowest BCUT2D eigenvalue weighted by Gasteiger charge is -2.21. The van der Waals surface area contributed by atoms with E-state index in [1.807, 2.05) is 0 Å². The minimum absolute atomic E-state index is 0.266. The number of quaternary nitrogens is 1. The molecule has 0 radical (unpaired) electrons. The number of rotatable bonds is 6. The first kappa shape index (κ1) is 19.6. The normalized spacial score (nSPS) is 14.6. The van der Waals surface area contributed by atoms with Gasteiger partial charge < -0.3 is 5.21 Å². The summed E-state index contributed by atoms with van der Waals surface area (Å²) >= 11 is 0. The fraction of sp³-hybridized carbons (Fsp3) is 0.231. The van der Waals surface area contributed by atoms with E-state index in [0.29, 0.717) is 5.39 Å². The molecule has 7 nitrogen and oxygen atoms in total. The Kier molecular flexibility index (Phi) is 5.39. The lowest BCUT2D eigenvalue weighted by atomic mass is 10.1.